The molecular weight excluding hydrogens is 361 g/mol. The van der Waals surface area contributed by atoms with Crippen molar-refractivity contribution in [2.75, 3.05) is 4.72 Å². The number of aromatic nitrogens is 2. The summed E-state index contributed by atoms with van der Waals surface area (Å²) in [5.74, 6) is -0.402. The first-order valence-electron chi connectivity index (χ1n) is 7.69. The second-order valence-corrected chi connectivity index (χ2v) is 8.79. The fourth-order valence-corrected chi connectivity index (χ4v) is 4.79. The van der Waals surface area contributed by atoms with Crippen LogP contribution in [0.4, 0.5) is 10.1 Å². The van der Waals surface area contributed by atoms with Crippen LogP contribution >= 0.6 is 11.3 Å². The van der Waals surface area contributed by atoms with E-state index in [9.17, 15) is 12.8 Å². The van der Waals surface area contributed by atoms with Crippen LogP contribution in [0.25, 0.3) is 11.3 Å². The lowest BCUT2D eigenvalue weighted by molar-refractivity contribution is 0.538. The van der Waals surface area contributed by atoms with Gasteiger partial charge < -0.3 is 0 Å². The van der Waals surface area contributed by atoms with Crippen molar-refractivity contribution in [3.05, 3.63) is 53.3 Å². The Morgan fingerprint density at radius 2 is 2.00 bits per heavy atom. The van der Waals surface area contributed by atoms with Crippen LogP contribution in [0.15, 0.2) is 46.1 Å². The van der Waals surface area contributed by atoms with Crippen molar-refractivity contribution in [1.29, 1.82) is 0 Å². The molecule has 1 N–H and O–H groups in total. The summed E-state index contributed by atoms with van der Waals surface area (Å²) in [4.78, 5) is 0. The fraction of sp³-hybridized carbons (Fsp3) is 0.235. The monoisotopic (exact) mass is 379 g/mol. The molecule has 0 amide bonds. The van der Waals surface area contributed by atoms with E-state index in [1.54, 1.807) is 24.6 Å². The Hall–Kier alpha value is -2.19. The third-order valence-electron chi connectivity index (χ3n) is 3.73. The topological polar surface area (TPSA) is 64.0 Å². The second kappa shape index (κ2) is 6.61. The molecule has 5 nitrogen and oxygen atoms in total. The van der Waals surface area contributed by atoms with Gasteiger partial charge in [0.2, 0.25) is 0 Å². The third kappa shape index (κ3) is 3.59. The number of halogens is 1. The summed E-state index contributed by atoms with van der Waals surface area (Å²) in [5.41, 5.74) is 2.56. The van der Waals surface area contributed by atoms with Crippen LogP contribution in [0, 0.1) is 12.7 Å². The predicted octanol–water partition coefficient (Wildman–Crippen LogP) is 4.44. The summed E-state index contributed by atoms with van der Waals surface area (Å²) in [6.07, 6.45) is 1.70. The van der Waals surface area contributed by atoms with Gasteiger partial charge in [0.25, 0.3) is 10.0 Å². The first kappa shape index (κ1) is 17.6. The van der Waals surface area contributed by atoms with E-state index in [1.807, 2.05) is 24.6 Å². The van der Waals surface area contributed by atoms with Crippen molar-refractivity contribution in [3.8, 4) is 11.3 Å². The number of hydrogen-bond donors (Lipinski definition) is 1. The van der Waals surface area contributed by atoms with E-state index in [0.29, 0.717) is 11.3 Å². The molecule has 0 saturated carbocycles. The number of benzene rings is 1. The largest absolute Gasteiger partial charge is 0.279 e. The van der Waals surface area contributed by atoms with Crippen molar-refractivity contribution >= 4 is 27.0 Å². The van der Waals surface area contributed by atoms with Gasteiger partial charge in [-0.2, -0.15) is 5.10 Å². The quantitative estimate of drug-likeness (QED) is 0.713. The molecule has 132 valence electrons. The van der Waals surface area contributed by atoms with Gasteiger partial charge in [0.1, 0.15) is 10.0 Å². The van der Waals surface area contributed by atoms with E-state index in [0.717, 1.165) is 22.6 Å². The van der Waals surface area contributed by atoms with Crippen LogP contribution in [0.2, 0.25) is 0 Å². The Labute approximate surface area is 150 Å². The molecular formula is C17H18FN3O2S2. The van der Waals surface area contributed by atoms with E-state index in [-0.39, 0.29) is 10.3 Å². The van der Waals surface area contributed by atoms with Crippen molar-refractivity contribution in [3.63, 3.8) is 0 Å². The summed E-state index contributed by atoms with van der Waals surface area (Å²) in [6.45, 7) is 5.68. The standard InChI is InChI=1S/C17H18FN3O2S2/c1-11(2)21-16(6-7-19-21)13-9-17(24-10-13)25(22,23)20-15-5-4-14(18)8-12(15)3/h4-11,20H,1-3H3. The van der Waals surface area contributed by atoms with Gasteiger partial charge in [-0.05, 0) is 56.7 Å². The molecule has 3 rings (SSSR count). The number of sulfonamides is 1. The van der Waals surface area contributed by atoms with Gasteiger partial charge in [-0.3, -0.25) is 9.40 Å². The average molecular weight is 379 g/mol. The first-order chi connectivity index (χ1) is 11.8. The smallest absolute Gasteiger partial charge is 0.271 e. The maximum atomic E-state index is 13.2. The van der Waals surface area contributed by atoms with Crippen LogP contribution in [-0.4, -0.2) is 18.2 Å². The maximum Gasteiger partial charge on any atom is 0.271 e. The van der Waals surface area contributed by atoms with Gasteiger partial charge in [0.05, 0.1) is 11.4 Å². The molecule has 0 radical (unpaired) electrons. The Morgan fingerprint density at radius 1 is 1.24 bits per heavy atom. The van der Waals surface area contributed by atoms with Gasteiger partial charge in [0.15, 0.2) is 0 Å². The number of thiophene rings is 1. The normalized spacial score (nSPS) is 11.9. The lowest BCUT2D eigenvalue weighted by Crippen LogP contribution is -2.12. The molecule has 0 fully saturated rings. The number of rotatable bonds is 5. The molecule has 2 aromatic heterocycles. The summed E-state index contributed by atoms with van der Waals surface area (Å²) in [7, 11) is -3.74. The number of nitrogens with zero attached hydrogens (tertiary/aromatic N) is 2. The Balaban J connectivity index is 1.91. The van der Waals surface area contributed by atoms with E-state index >= 15 is 0 Å². The van der Waals surface area contributed by atoms with E-state index in [1.165, 1.54) is 18.2 Å². The molecule has 0 spiro atoms. The van der Waals surface area contributed by atoms with Crippen molar-refractivity contribution < 1.29 is 12.8 Å². The number of nitrogens with one attached hydrogen (secondary N) is 1. The molecule has 3 aromatic rings. The number of anilines is 1. The van der Waals surface area contributed by atoms with Crippen LogP contribution in [0.5, 0.6) is 0 Å². The summed E-state index contributed by atoms with van der Waals surface area (Å²) in [5, 5.41) is 6.07. The SMILES string of the molecule is Cc1cc(F)ccc1NS(=O)(=O)c1cc(-c2ccnn2C(C)C)cs1. The van der Waals surface area contributed by atoms with E-state index in [4.69, 9.17) is 0 Å². The zero-order chi connectivity index (χ0) is 18.2. The van der Waals surface area contributed by atoms with E-state index < -0.39 is 15.8 Å². The van der Waals surface area contributed by atoms with Gasteiger partial charge in [-0.15, -0.1) is 11.3 Å². The highest BCUT2D eigenvalue weighted by atomic mass is 32.2. The van der Waals surface area contributed by atoms with Crippen LogP contribution < -0.4 is 4.72 Å². The number of hydrogen-bond acceptors (Lipinski definition) is 4. The Kier molecular flexibility index (Phi) is 4.66. The zero-order valence-corrected chi connectivity index (χ0v) is 15.7. The molecule has 0 aliphatic heterocycles. The summed E-state index contributed by atoms with van der Waals surface area (Å²) in [6, 6.07) is 7.59. The van der Waals surface area contributed by atoms with Crippen molar-refractivity contribution in [1.82, 2.24) is 9.78 Å². The van der Waals surface area contributed by atoms with Gasteiger partial charge in [0, 0.05) is 23.2 Å². The van der Waals surface area contributed by atoms with Crippen LogP contribution in [-0.2, 0) is 10.0 Å². The van der Waals surface area contributed by atoms with Gasteiger partial charge in [-0.1, -0.05) is 0 Å². The highest BCUT2D eigenvalue weighted by Gasteiger charge is 2.20. The molecule has 8 heteroatoms. The first-order valence-corrected chi connectivity index (χ1v) is 10.1. The van der Waals surface area contributed by atoms with Crippen LogP contribution in [0.1, 0.15) is 25.5 Å². The van der Waals surface area contributed by atoms with Crippen molar-refractivity contribution in [2.45, 2.75) is 31.0 Å². The molecule has 0 unspecified atom stereocenters. The third-order valence-corrected chi connectivity index (χ3v) is 6.53. The second-order valence-electron chi connectivity index (χ2n) is 5.97. The summed E-state index contributed by atoms with van der Waals surface area (Å²) >= 11 is 1.14. The molecule has 0 aliphatic carbocycles. The van der Waals surface area contributed by atoms with E-state index in [2.05, 4.69) is 9.82 Å². The summed E-state index contributed by atoms with van der Waals surface area (Å²) < 4.78 is 43.0. The lowest BCUT2D eigenvalue weighted by atomic mass is 10.2. The average Bonchev–Trinajstić information content (AvgIpc) is 3.18. The Morgan fingerprint density at radius 3 is 2.68 bits per heavy atom. The van der Waals surface area contributed by atoms with Crippen LogP contribution in [0.3, 0.4) is 0 Å². The molecule has 0 saturated heterocycles. The molecule has 25 heavy (non-hydrogen) atoms. The minimum atomic E-state index is -3.74. The Bertz CT molecular complexity index is 1010. The van der Waals surface area contributed by atoms with Crippen molar-refractivity contribution in [2.24, 2.45) is 0 Å². The minimum absolute atomic E-state index is 0.171. The zero-order valence-electron chi connectivity index (χ0n) is 14.0. The lowest BCUT2D eigenvalue weighted by Gasteiger charge is -2.10. The minimum Gasteiger partial charge on any atom is -0.279 e. The highest BCUT2D eigenvalue weighted by molar-refractivity contribution is 7.94. The fourth-order valence-electron chi connectivity index (χ4n) is 2.48. The molecule has 1 aromatic carbocycles. The molecule has 0 atom stereocenters. The molecule has 0 aliphatic rings. The van der Waals surface area contributed by atoms with Gasteiger partial charge >= 0.3 is 0 Å². The number of aryl methyl sites for hydroxylation is 1. The van der Waals surface area contributed by atoms with Gasteiger partial charge in [-0.25, -0.2) is 12.8 Å². The maximum absolute atomic E-state index is 13.2. The molecule has 0 bridgehead atoms. The highest BCUT2D eigenvalue weighted by Crippen LogP contribution is 2.31. The predicted molar refractivity (Wildman–Crippen MR) is 97.9 cm³/mol. The molecule has 2 heterocycles.